The molecule has 0 aliphatic rings. The van der Waals surface area contributed by atoms with Crippen LogP contribution in [0.1, 0.15) is 219 Å². The number of hydrogen-bond acceptors (Lipinski definition) is 5. The van der Waals surface area contributed by atoms with E-state index in [1.54, 1.807) is 6.08 Å². The molecule has 4 unspecified atom stereocenters. The smallest absolute Gasteiger partial charge is 0.249 e. The van der Waals surface area contributed by atoms with E-state index in [9.17, 15) is 25.2 Å². The average molecular weight is 682 g/mol. The van der Waals surface area contributed by atoms with E-state index >= 15 is 0 Å². The summed E-state index contributed by atoms with van der Waals surface area (Å²) in [5, 5.41) is 43.2. The van der Waals surface area contributed by atoms with Crippen LogP contribution in [0.3, 0.4) is 0 Å². The van der Waals surface area contributed by atoms with Gasteiger partial charge in [0.2, 0.25) is 5.91 Å². The van der Waals surface area contributed by atoms with Crippen LogP contribution in [0, 0.1) is 0 Å². The van der Waals surface area contributed by atoms with Crippen LogP contribution in [0.25, 0.3) is 0 Å². The second-order valence-corrected chi connectivity index (χ2v) is 14.7. The highest BCUT2D eigenvalue weighted by Gasteiger charge is 2.22. The Kier molecular flexibility index (Phi) is 36.6. The van der Waals surface area contributed by atoms with Crippen LogP contribution in [0.4, 0.5) is 0 Å². The van der Waals surface area contributed by atoms with Gasteiger partial charge in [-0.1, -0.05) is 219 Å². The third kappa shape index (κ3) is 32.3. The molecule has 0 heterocycles. The molecule has 0 aliphatic heterocycles. The molecule has 286 valence electrons. The van der Waals surface area contributed by atoms with Crippen molar-refractivity contribution in [1.82, 2.24) is 5.32 Å². The van der Waals surface area contributed by atoms with Crippen molar-refractivity contribution in [1.29, 1.82) is 0 Å². The number of carbonyl (C=O) groups is 1. The number of unbranched alkanes of at least 4 members (excludes halogenated alkanes) is 28. The molecule has 0 spiro atoms. The summed E-state index contributed by atoms with van der Waals surface area (Å²) < 4.78 is 0. The van der Waals surface area contributed by atoms with E-state index in [1.807, 2.05) is 0 Å². The van der Waals surface area contributed by atoms with Crippen molar-refractivity contribution in [3.63, 3.8) is 0 Å². The molecule has 0 saturated carbocycles. The quantitative estimate of drug-likeness (QED) is 0.0329. The lowest BCUT2D eigenvalue weighted by Crippen LogP contribution is -2.48. The Bertz CT molecular complexity index is 687. The summed E-state index contributed by atoms with van der Waals surface area (Å²) >= 11 is 0. The zero-order valence-electron chi connectivity index (χ0n) is 32.0. The second-order valence-electron chi connectivity index (χ2n) is 14.7. The number of rotatable bonds is 38. The highest BCUT2D eigenvalue weighted by Crippen LogP contribution is 2.16. The third-order valence-electron chi connectivity index (χ3n) is 9.95. The fraction of sp³-hybridized carbons (Fsp3) is 0.929. The fourth-order valence-corrected chi connectivity index (χ4v) is 6.56. The van der Waals surface area contributed by atoms with Gasteiger partial charge < -0.3 is 25.7 Å². The van der Waals surface area contributed by atoms with Crippen LogP contribution in [-0.4, -0.2) is 57.3 Å². The van der Waals surface area contributed by atoms with Crippen LogP contribution in [0.5, 0.6) is 0 Å². The van der Waals surface area contributed by atoms with E-state index in [2.05, 4.69) is 19.2 Å². The molecular weight excluding hydrogens is 598 g/mol. The summed E-state index contributed by atoms with van der Waals surface area (Å²) in [5.74, 6) is -0.565. The van der Waals surface area contributed by atoms with Crippen molar-refractivity contribution in [3.05, 3.63) is 12.2 Å². The summed E-state index contributed by atoms with van der Waals surface area (Å²) in [6.07, 6.45) is 39.7. The molecule has 5 N–H and O–H groups in total. The molecule has 0 saturated heterocycles. The minimum absolute atomic E-state index is 0.381. The Hall–Kier alpha value is -0.950. The molecule has 0 bridgehead atoms. The van der Waals surface area contributed by atoms with E-state index in [1.165, 1.54) is 167 Å². The van der Waals surface area contributed by atoms with E-state index in [0.717, 1.165) is 32.1 Å². The number of nitrogens with one attached hydrogen (secondary N) is 1. The second kappa shape index (κ2) is 37.3. The van der Waals surface area contributed by atoms with E-state index < -0.39 is 36.9 Å². The van der Waals surface area contributed by atoms with Crippen LogP contribution < -0.4 is 5.32 Å². The SMILES string of the molecule is CCCCCCCCCCCCCCCCCCCCCCC(O)C(=O)NC(CO)C(O)C=CC(O)CCCCCCCCCCCC. The van der Waals surface area contributed by atoms with Crippen molar-refractivity contribution in [2.24, 2.45) is 0 Å². The molecule has 48 heavy (non-hydrogen) atoms. The van der Waals surface area contributed by atoms with Gasteiger partial charge in [-0.15, -0.1) is 0 Å². The Morgan fingerprint density at radius 3 is 1.12 bits per heavy atom. The Balaban J connectivity index is 3.73. The molecule has 0 radical (unpaired) electrons. The van der Waals surface area contributed by atoms with Gasteiger partial charge in [0.25, 0.3) is 0 Å². The predicted octanol–water partition coefficient (Wildman–Crippen LogP) is 10.6. The molecule has 0 rings (SSSR count). The summed E-state index contributed by atoms with van der Waals surface area (Å²) in [7, 11) is 0. The van der Waals surface area contributed by atoms with Gasteiger partial charge in [-0.2, -0.15) is 0 Å². The van der Waals surface area contributed by atoms with Crippen molar-refractivity contribution in [3.8, 4) is 0 Å². The molecule has 0 aromatic rings. The molecule has 6 nitrogen and oxygen atoms in total. The average Bonchev–Trinajstić information content (AvgIpc) is 3.09. The first kappa shape index (κ1) is 47.0. The first-order valence-electron chi connectivity index (χ1n) is 21.1. The molecular formula is C42H83NO5. The van der Waals surface area contributed by atoms with E-state index in [0.29, 0.717) is 12.8 Å². The lowest BCUT2D eigenvalue weighted by atomic mass is 10.0. The normalized spacial score (nSPS) is 14.4. The van der Waals surface area contributed by atoms with Crippen molar-refractivity contribution in [2.45, 2.75) is 244 Å². The summed E-state index contributed by atoms with van der Waals surface area (Å²) in [6.45, 7) is 4.07. The third-order valence-corrected chi connectivity index (χ3v) is 9.95. The zero-order chi connectivity index (χ0) is 35.3. The van der Waals surface area contributed by atoms with Gasteiger partial charge in [0, 0.05) is 0 Å². The highest BCUT2D eigenvalue weighted by atomic mass is 16.3. The van der Waals surface area contributed by atoms with Gasteiger partial charge in [0.1, 0.15) is 6.10 Å². The van der Waals surface area contributed by atoms with E-state index in [4.69, 9.17) is 0 Å². The van der Waals surface area contributed by atoms with Gasteiger partial charge in [-0.05, 0) is 12.8 Å². The van der Waals surface area contributed by atoms with Crippen molar-refractivity contribution >= 4 is 5.91 Å². The first-order chi connectivity index (χ1) is 23.5. The lowest BCUT2D eigenvalue weighted by molar-refractivity contribution is -0.131. The van der Waals surface area contributed by atoms with E-state index in [-0.39, 0.29) is 0 Å². The maximum absolute atomic E-state index is 12.4. The number of aliphatic hydroxyl groups excluding tert-OH is 4. The molecule has 6 heteroatoms. The van der Waals surface area contributed by atoms with Crippen molar-refractivity contribution in [2.75, 3.05) is 6.61 Å². The minimum Gasteiger partial charge on any atom is -0.394 e. The standard InChI is InChI=1S/C42H83NO5/c1-3-5-7-9-11-13-15-16-17-18-19-20-21-22-23-24-26-28-30-32-34-41(47)42(48)43-39(37-44)40(46)36-35-38(45)33-31-29-27-25-14-12-10-8-6-4-2/h35-36,38-41,44-47H,3-34,37H2,1-2H3,(H,43,48). The lowest BCUT2D eigenvalue weighted by Gasteiger charge is -2.22. The topological polar surface area (TPSA) is 110 Å². The number of amides is 1. The molecule has 0 fully saturated rings. The fourth-order valence-electron chi connectivity index (χ4n) is 6.56. The number of aliphatic hydroxyl groups is 4. The van der Waals surface area contributed by atoms with Gasteiger partial charge in [0.05, 0.1) is 24.9 Å². The van der Waals surface area contributed by atoms with Gasteiger partial charge >= 0.3 is 0 Å². The Labute approximate surface area is 298 Å². The summed E-state index contributed by atoms with van der Waals surface area (Å²) in [6, 6.07) is -0.914. The largest absolute Gasteiger partial charge is 0.394 e. The summed E-state index contributed by atoms with van der Waals surface area (Å²) in [4.78, 5) is 12.4. The molecule has 0 aliphatic carbocycles. The predicted molar refractivity (Wildman–Crippen MR) is 205 cm³/mol. The van der Waals surface area contributed by atoms with Crippen molar-refractivity contribution < 1.29 is 25.2 Å². The number of carbonyl (C=O) groups excluding carboxylic acids is 1. The van der Waals surface area contributed by atoms with Gasteiger partial charge in [-0.3, -0.25) is 4.79 Å². The zero-order valence-corrected chi connectivity index (χ0v) is 32.0. The number of hydrogen-bond donors (Lipinski definition) is 5. The molecule has 0 aromatic heterocycles. The maximum Gasteiger partial charge on any atom is 0.249 e. The molecule has 0 aromatic carbocycles. The van der Waals surface area contributed by atoms with Crippen LogP contribution in [0.15, 0.2) is 12.2 Å². The highest BCUT2D eigenvalue weighted by molar-refractivity contribution is 5.80. The van der Waals surface area contributed by atoms with Crippen LogP contribution >= 0.6 is 0 Å². The summed E-state index contributed by atoms with van der Waals surface area (Å²) in [5.41, 5.74) is 0. The van der Waals surface area contributed by atoms with Crippen LogP contribution in [0.2, 0.25) is 0 Å². The Morgan fingerprint density at radius 2 is 0.792 bits per heavy atom. The maximum atomic E-state index is 12.4. The minimum atomic E-state index is -1.15. The van der Waals surface area contributed by atoms with Crippen LogP contribution in [-0.2, 0) is 4.79 Å². The molecule has 1 amide bonds. The Morgan fingerprint density at radius 1 is 0.479 bits per heavy atom. The van der Waals surface area contributed by atoms with Gasteiger partial charge in [0.15, 0.2) is 0 Å². The monoisotopic (exact) mass is 682 g/mol. The molecule has 4 atom stereocenters. The van der Waals surface area contributed by atoms with Gasteiger partial charge in [-0.25, -0.2) is 0 Å². The first-order valence-corrected chi connectivity index (χ1v) is 21.1.